The zero-order valence-electron chi connectivity index (χ0n) is 8.55. The van der Waals surface area contributed by atoms with Crippen molar-refractivity contribution >= 4 is 17.7 Å². The van der Waals surface area contributed by atoms with Crippen molar-refractivity contribution in [2.75, 3.05) is 5.32 Å². The van der Waals surface area contributed by atoms with E-state index in [1.54, 1.807) is 0 Å². The number of hydroxylamine groups is 1. The summed E-state index contributed by atoms with van der Waals surface area (Å²) in [5, 5.41) is 1.85. The van der Waals surface area contributed by atoms with Gasteiger partial charge in [0.25, 0.3) is 0 Å². The molecular weight excluding hydrogens is 260 g/mol. The number of carbonyl (C=O) groups excluding carboxylic acids is 2. The molecule has 0 heterocycles. The van der Waals surface area contributed by atoms with Crippen molar-refractivity contribution in [1.29, 1.82) is 0 Å². The Hall–Kier alpha value is -2.32. The van der Waals surface area contributed by atoms with Crippen molar-refractivity contribution in [3.8, 4) is 0 Å². The van der Waals surface area contributed by atoms with Gasteiger partial charge in [0.2, 0.25) is 0 Å². The fourth-order valence-corrected chi connectivity index (χ4v) is 0.861. The third-order valence-electron chi connectivity index (χ3n) is 1.59. The van der Waals surface area contributed by atoms with Crippen LogP contribution in [0.15, 0.2) is 24.3 Å². The molecule has 0 bridgehead atoms. The summed E-state index contributed by atoms with van der Waals surface area (Å²) >= 11 is 0. The predicted octanol–water partition coefficient (Wildman–Crippen LogP) is 1.97. The third-order valence-corrected chi connectivity index (χ3v) is 1.59. The Labute approximate surface area is 97.7 Å². The van der Waals surface area contributed by atoms with Gasteiger partial charge in [-0.3, -0.25) is 0 Å². The molecular formula is C9H6F4N2O3. The summed E-state index contributed by atoms with van der Waals surface area (Å²) in [4.78, 5) is 24.6. The number of benzene rings is 1. The van der Waals surface area contributed by atoms with Gasteiger partial charge in [-0.05, 0) is 12.1 Å². The summed E-state index contributed by atoms with van der Waals surface area (Å²) in [6, 6.07) is 3.61. The van der Waals surface area contributed by atoms with Gasteiger partial charge in [0.1, 0.15) is 5.82 Å². The molecule has 1 rings (SSSR count). The first-order valence-electron chi connectivity index (χ1n) is 4.40. The standard InChI is InChI=1S/C9H6F4N2O3/c10-5-3-1-2-4-6(5)14-8(17)15-18-7(16)9(11,12)13/h1-4H,(H2,14,15,17). The van der Waals surface area contributed by atoms with Crippen LogP contribution < -0.4 is 10.8 Å². The van der Waals surface area contributed by atoms with Crippen LogP contribution in [0.1, 0.15) is 0 Å². The maximum atomic E-state index is 13.0. The number of anilines is 1. The molecule has 1 aromatic rings. The fourth-order valence-electron chi connectivity index (χ4n) is 0.861. The quantitative estimate of drug-likeness (QED) is 0.603. The van der Waals surface area contributed by atoms with E-state index in [1.165, 1.54) is 23.7 Å². The van der Waals surface area contributed by atoms with E-state index in [1.807, 2.05) is 5.32 Å². The fraction of sp³-hybridized carbons (Fsp3) is 0.111. The van der Waals surface area contributed by atoms with E-state index in [2.05, 4.69) is 4.84 Å². The van der Waals surface area contributed by atoms with E-state index in [0.717, 1.165) is 6.07 Å². The van der Waals surface area contributed by atoms with E-state index in [9.17, 15) is 27.2 Å². The van der Waals surface area contributed by atoms with Crippen LogP contribution in [0, 0.1) is 5.82 Å². The van der Waals surface area contributed by atoms with Gasteiger partial charge in [-0.25, -0.2) is 14.0 Å². The molecule has 5 nitrogen and oxygen atoms in total. The molecule has 0 spiro atoms. The minimum absolute atomic E-state index is 0.280. The average molecular weight is 266 g/mol. The van der Waals surface area contributed by atoms with Crippen molar-refractivity contribution in [2.24, 2.45) is 0 Å². The minimum atomic E-state index is -5.23. The summed E-state index contributed by atoms with van der Waals surface area (Å²) in [6.07, 6.45) is -5.23. The van der Waals surface area contributed by atoms with Crippen molar-refractivity contribution in [3.63, 3.8) is 0 Å². The van der Waals surface area contributed by atoms with E-state index in [-0.39, 0.29) is 5.69 Å². The first-order chi connectivity index (χ1) is 8.30. The minimum Gasteiger partial charge on any atom is -0.331 e. The molecule has 0 unspecified atom stereocenters. The Morgan fingerprint density at radius 2 is 1.78 bits per heavy atom. The summed E-state index contributed by atoms with van der Waals surface area (Å²) in [5.74, 6) is -3.39. The number of halogens is 4. The molecule has 0 aliphatic heterocycles. The largest absolute Gasteiger partial charge is 0.493 e. The van der Waals surface area contributed by atoms with Gasteiger partial charge in [0.15, 0.2) is 0 Å². The molecule has 0 radical (unpaired) electrons. The molecule has 0 aromatic heterocycles. The molecule has 9 heteroatoms. The number of nitrogens with one attached hydrogen (secondary N) is 2. The Morgan fingerprint density at radius 3 is 2.33 bits per heavy atom. The van der Waals surface area contributed by atoms with Crippen LogP contribution in [0.2, 0.25) is 0 Å². The van der Waals surface area contributed by atoms with Gasteiger partial charge >= 0.3 is 18.2 Å². The Balaban J connectivity index is 2.49. The summed E-state index contributed by atoms with van der Waals surface area (Å²) in [6.45, 7) is 0. The van der Waals surface area contributed by atoms with Crippen LogP contribution in [0.5, 0.6) is 0 Å². The molecule has 1 aromatic carbocycles. The van der Waals surface area contributed by atoms with E-state index in [0.29, 0.717) is 0 Å². The van der Waals surface area contributed by atoms with Gasteiger partial charge in [-0.2, -0.15) is 18.7 Å². The highest BCUT2D eigenvalue weighted by Crippen LogP contribution is 2.16. The smallest absolute Gasteiger partial charge is 0.331 e. The number of urea groups is 1. The normalized spacial score (nSPS) is 10.7. The van der Waals surface area contributed by atoms with E-state index < -0.39 is 24.0 Å². The SMILES string of the molecule is O=C(NOC(=O)C(F)(F)F)Nc1ccccc1F. The summed E-state index contributed by atoms with van der Waals surface area (Å²) in [7, 11) is 0. The van der Waals surface area contributed by atoms with Crippen LogP contribution in [0.3, 0.4) is 0 Å². The third kappa shape index (κ3) is 3.92. The number of alkyl halides is 3. The molecule has 0 atom stereocenters. The van der Waals surface area contributed by atoms with Crippen molar-refractivity contribution in [3.05, 3.63) is 30.1 Å². The monoisotopic (exact) mass is 266 g/mol. The molecule has 0 saturated carbocycles. The van der Waals surface area contributed by atoms with Crippen LogP contribution in [0.4, 0.5) is 28.0 Å². The maximum absolute atomic E-state index is 13.0. The topological polar surface area (TPSA) is 67.4 Å². The number of amides is 2. The number of para-hydroxylation sites is 1. The highest BCUT2D eigenvalue weighted by atomic mass is 19.4. The lowest BCUT2D eigenvalue weighted by atomic mass is 10.3. The van der Waals surface area contributed by atoms with Gasteiger partial charge in [0, 0.05) is 0 Å². The lowest BCUT2D eigenvalue weighted by Gasteiger charge is -2.09. The summed E-state index contributed by atoms with van der Waals surface area (Å²) in [5.41, 5.74) is 0.899. The summed E-state index contributed by atoms with van der Waals surface area (Å²) < 4.78 is 48.1. The van der Waals surface area contributed by atoms with E-state index in [4.69, 9.17) is 0 Å². The second-order valence-corrected chi connectivity index (χ2v) is 2.92. The number of hydrogen-bond acceptors (Lipinski definition) is 3. The molecule has 98 valence electrons. The van der Waals surface area contributed by atoms with Crippen LogP contribution >= 0.6 is 0 Å². The molecule has 0 aliphatic carbocycles. The molecule has 0 aliphatic rings. The van der Waals surface area contributed by atoms with Gasteiger partial charge in [-0.1, -0.05) is 12.1 Å². The van der Waals surface area contributed by atoms with Crippen LogP contribution in [-0.4, -0.2) is 18.2 Å². The number of carbonyl (C=O) groups is 2. The second-order valence-electron chi connectivity index (χ2n) is 2.92. The molecule has 0 fully saturated rings. The first kappa shape index (κ1) is 13.7. The average Bonchev–Trinajstić information content (AvgIpc) is 2.27. The zero-order valence-corrected chi connectivity index (χ0v) is 8.55. The van der Waals surface area contributed by atoms with Crippen molar-refractivity contribution in [1.82, 2.24) is 5.48 Å². The number of hydrogen-bond donors (Lipinski definition) is 2. The lowest BCUT2D eigenvalue weighted by molar-refractivity contribution is -0.204. The molecule has 2 N–H and O–H groups in total. The second kappa shape index (κ2) is 5.34. The van der Waals surface area contributed by atoms with Crippen molar-refractivity contribution < 1.29 is 32.0 Å². The highest BCUT2D eigenvalue weighted by Gasteiger charge is 2.42. The number of rotatable bonds is 1. The van der Waals surface area contributed by atoms with E-state index >= 15 is 0 Å². The van der Waals surface area contributed by atoms with Crippen molar-refractivity contribution in [2.45, 2.75) is 6.18 Å². The predicted molar refractivity (Wildman–Crippen MR) is 50.7 cm³/mol. The molecule has 18 heavy (non-hydrogen) atoms. The first-order valence-corrected chi connectivity index (χ1v) is 4.40. The molecule has 2 amide bonds. The highest BCUT2D eigenvalue weighted by molar-refractivity contribution is 5.89. The Kier molecular flexibility index (Phi) is 4.08. The van der Waals surface area contributed by atoms with Gasteiger partial charge in [-0.15, -0.1) is 0 Å². The van der Waals surface area contributed by atoms with Gasteiger partial charge < -0.3 is 10.2 Å². The van der Waals surface area contributed by atoms with Crippen LogP contribution in [0.25, 0.3) is 0 Å². The lowest BCUT2D eigenvalue weighted by Crippen LogP contribution is -2.36. The maximum Gasteiger partial charge on any atom is 0.493 e. The Bertz CT molecular complexity index is 461. The van der Waals surface area contributed by atoms with Crippen LogP contribution in [-0.2, 0) is 9.63 Å². The Morgan fingerprint density at radius 1 is 1.17 bits per heavy atom. The molecule has 0 saturated heterocycles. The van der Waals surface area contributed by atoms with Gasteiger partial charge in [0.05, 0.1) is 5.69 Å². The zero-order chi connectivity index (χ0) is 13.8.